The van der Waals surface area contributed by atoms with Gasteiger partial charge in [-0.2, -0.15) is 0 Å². The molecule has 2 atom stereocenters. The minimum atomic E-state index is -1.31. The standard InChI is InChI=1S/C8H16O4S/c1-3-4-5-13(11)7(6-12-2)8(9)10/h7H,3-6H2,1-2H3,(H,9,10). The molecular weight excluding hydrogens is 192 g/mol. The molecule has 0 bridgehead atoms. The highest BCUT2D eigenvalue weighted by Crippen LogP contribution is 2.01. The van der Waals surface area contributed by atoms with Gasteiger partial charge in [-0.15, -0.1) is 0 Å². The second kappa shape index (κ2) is 7.03. The Balaban J connectivity index is 4.03. The van der Waals surface area contributed by atoms with Crippen molar-refractivity contribution < 1.29 is 18.8 Å². The Labute approximate surface area is 80.7 Å². The number of aliphatic carboxylic acids is 1. The van der Waals surface area contributed by atoms with Gasteiger partial charge in [0.05, 0.1) is 6.61 Å². The highest BCUT2D eigenvalue weighted by atomic mass is 32.2. The maximum atomic E-state index is 11.4. The van der Waals surface area contributed by atoms with E-state index in [1.165, 1.54) is 7.11 Å². The normalized spacial score (nSPS) is 15.2. The minimum absolute atomic E-state index is 0.0195. The Bertz CT molecular complexity index is 181. The smallest absolute Gasteiger partial charge is 0.321 e. The first kappa shape index (κ1) is 12.6. The molecule has 0 fully saturated rings. The van der Waals surface area contributed by atoms with Crippen molar-refractivity contribution in [3.63, 3.8) is 0 Å². The van der Waals surface area contributed by atoms with E-state index in [4.69, 9.17) is 9.84 Å². The largest absolute Gasteiger partial charge is 0.480 e. The molecule has 0 saturated heterocycles. The van der Waals surface area contributed by atoms with E-state index in [1.54, 1.807) is 0 Å². The summed E-state index contributed by atoms with van der Waals surface area (Å²) in [4.78, 5) is 10.6. The predicted octanol–water partition coefficient (Wildman–Crippen LogP) is 0.635. The second-order valence-corrected chi connectivity index (χ2v) is 4.46. The zero-order valence-corrected chi connectivity index (χ0v) is 8.80. The third-order valence-corrected chi connectivity index (χ3v) is 3.27. The molecule has 0 spiro atoms. The highest BCUT2D eigenvalue weighted by Gasteiger charge is 2.23. The van der Waals surface area contributed by atoms with Crippen molar-refractivity contribution in [2.75, 3.05) is 19.5 Å². The summed E-state index contributed by atoms with van der Waals surface area (Å²) < 4.78 is 16.1. The van der Waals surface area contributed by atoms with E-state index in [0.717, 1.165) is 12.8 Å². The fraction of sp³-hybridized carbons (Fsp3) is 0.875. The Morgan fingerprint density at radius 1 is 1.62 bits per heavy atom. The molecule has 0 aromatic heterocycles. The summed E-state index contributed by atoms with van der Waals surface area (Å²) in [7, 11) is 0.0975. The van der Waals surface area contributed by atoms with E-state index in [2.05, 4.69) is 0 Å². The van der Waals surface area contributed by atoms with E-state index in [9.17, 15) is 9.00 Å². The van der Waals surface area contributed by atoms with Gasteiger partial charge in [0.15, 0.2) is 5.25 Å². The lowest BCUT2D eigenvalue weighted by atomic mass is 10.4. The van der Waals surface area contributed by atoms with Crippen LogP contribution in [0, 0.1) is 0 Å². The van der Waals surface area contributed by atoms with Gasteiger partial charge < -0.3 is 9.84 Å². The lowest BCUT2D eigenvalue weighted by Crippen LogP contribution is -2.31. The Hall–Kier alpha value is -0.420. The minimum Gasteiger partial charge on any atom is -0.480 e. The van der Waals surface area contributed by atoms with Crippen molar-refractivity contribution in [2.45, 2.75) is 25.0 Å². The molecule has 0 aliphatic carbocycles. The van der Waals surface area contributed by atoms with Gasteiger partial charge in [0.1, 0.15) is 0 Å². The van der Waals surface area contributed by atoms with Gasteiger partial charge in [0.2, 0.25) is 0 Å². The predicted molar refractivity (Wildman–Crippen MR) is 51.2 cm³/mol. The van der Waals surface area contributed by atoms with Gasteiger partial charge in [0.25, 0.3) is 0 Å². The number of methoxy groups -OCH3 is 1. The molecule has 0 amide bonds. The summed E-state index contributed by atoms with van der Waals surface area (Å²) >= 11 is 0. The zero-order valence-electron chi connectivity index (χ0n) is 7.99. The summed E-state index contributed by atoms with van der Waals surface area (Å²) in [6.45, 7) is 1.99. The van der Waals surface area contributed by atoms with E-state index < -0.39 is 22.0 Å². The van der Waals surface area contributed by atoms with Crippen LogP contribution in [0.4, 0.5) is 0 Å². The summed E-state index contributed by atoms with van der Waals surface area (Å²) in [6, 6.07) is 0. The molecule has 0 saturated carbocycles. The number of hydrogen-bond acceptors (Lipinski definition) is 3. The van der Waals surface area contributed by atoms with Crippen molar-refractivity contribution in [1.82, 2.24) is 0 Å². The lowest BCUT2D eigenvalue weighted by molar-refractivity contribution is -0.137. The van der Waals surface area contributed by atoms with Gasteiger partial charge in [-0.05, 0) is 6.42 Å². The third-order valence-electron chi connectivity index (χ3n) is 1.61. The van der Waals surface area contributed by atoms with Crippen LogP contribution in [-0.4, -0.2) is 40.0 Å². The first-order valence-electron chi connectivity index (χ1n) is 4.22. The number of hydrogen-bond donors (Lipinski definition) is 1. The van der Waals surface area contributed by atoms with Crippen molar-refractivity contribution in [3.8, 4) is 0 Å². The number of carbonyl (C=O) groups is 1. The molecule has 1 N–H and O–H groups in total. The van der Waals surface area contributed by atoms with E-state index >= 15 is 0 Å². The molecule has 0 aliphatic rings. The number of ether oxygens (including phenoxy) is 1. The Morgan fingerprint density at radius 2 is 2.23 bits per heavy atom. The lowest BCUT2D eigenvalue weighted by Gasteiger charge is -2.10. The van der Waals surface area contributed by atoms with Gasteiger partial charge in [-0.1, -0.05) is 13.3 Å². The van der Waals surface area contributed by atoms with Gasteiger partial charge in [-0.25, -0.2) is 0 Å². The maximum absolute atomic E-state index is 11.4. The molecule has 0 heterocycles. The fourth-order valence-electron chi connectivity index (χ4n) is 0.840. The van der Waals surface area contributed by atoms with Crippen LogP contribution in [0.3, 0.4) is 0 Å². The molecule has 0 radical (unpaired) electrons. The van der Waals surface area contributed by atoms with Gasteiger partial charge in [0, 0.05) is 23.7 Å². The maximum Gasteiger partial charge on any atom is 0.321 e. The first-order chi connectivity index (χ1) is 6.13. The molecule has 5 heteroatoms. The zero-order chi connectivity index (χ0) is 10.3. The topological polar surface area (TPSA) is 63.6 Å². The monoisotopic (exact) mass is 208 g/mol. The molecule has 0 aromatic rings. The molecule has 13 heavy (non-hydrogen) atoms. The van der Waals surface area contributed by atoms with Crippen LogP contribution in [0.1, 0.15) is 19.8 Å². The van der Waals surface area contributed by atoms with Crippen molar-refractivity contribution in [3.05, 3.63) is 0 Å². The van der Waals surface area contributed by atoms with Crippen LogP contribution in [0.25, 0.3) is 0 Å². The number of unbranched alkanes of at least 4 members (excludes halogenated alkanes) is 1. The molecular formula is C8H16O4S. The van der Waals surface area contributed by atoms with Crippen molar-refractivity contribution >= 4 is 16.8 Å². The summed E-state index contributed by atoms with van der Waals surface area (Å²) in [5.41, 5.74) is 0. The van der Waals surface area contributed by atoms with E-state index in [-0.39, 0.29) is 6.61 Å². The van der Waals surface area contributed by atoms with E-state index in [0.29, 0.717) is 5.75 Å². The first-order valence-corrected chi connectivity index (χ1v) is 5.60. The summed E-state index contributed by atoms with van der Waals surface area (Å²) in [5.74, 6) is -0.604. The van der Waals surface area contributed by atoms with Crippen LogP contribution in [-0.2, 0) is 20.3 Å². The number of carboxylic acids is 1. The van der Waals surface area contributed by atoms with Crippen molar-refractivity contribution in [1.29, 1.82) is 0 Å². The molecule has 0 rings (SSSR count). The average molecular weight is 208 g/mol. The van der Waals surface area contributed by atoms with Gasteiger partial charge >= 0.3 is 5.97 Å². The van der Waals surface area contributed by atoms with Crippen LogP contribution in [0.2, 0.25) is 0 Å². The molecule has 4 nitrogen and oxygen atoms in total. The summed E-state index contributed by atoms with van der Waals surface area (Å²) in [5, 5.41) is 7.82. The number of carboxylic acid groups (broad SMARTS) is 1. The van der Waals surface area contributed by atoms with E-state index in [1.807, 2.05) is 6.92 Å². The van der Waals surface area contributed by atoms with Gasteiger partial charge in [-0.3, -0.25) is 9.00 Å². The number of rotatable bonds is 7. The average Bonchev–Trinajstić information content (AvgIpc) is 2.09. The molecule has 78 valence electrons. The summed E-state index contributed by atoms with van der Waals surface area (Å²) in [6.07, 6.45) is 1.71. The Kier molecular flexibility index (Phi) is 6.80. The van der Waals surface area contributed by atoms with Crippen LogP contribution in [0.5, 0.6) is 0 Å². The molecule has 0 aromatic carbocycles. The highest BCUT2D eigenvalue weighted by molar-refractivity contribution is 7.86. The molecule has 2 unspecified atom stereocenters. The van der Waals surface area contributed by atoms with Crippen LogP contribution < -0.4 is 0 Å². The van der Waals surface area contributed by atoms with Crippen LogP contribution in [0.15, 0.2) is 0 Å². The quantitative estimate of drug-likeness (QED) is 0.666. The van der Waals surface area contributed by atoms with Crippen LogP contribution >= 0.6 is 0 Å². The van der Waals surface area contributed by atoms with Crippen molar-refractivity contribution in [2.24, 2.45) is 0 Å². The fourth-order valence-corrected chi connectivity index (χ4v) is 2.21. The molecule has 0 aliphatic heterocycles. The Morgan fingerprint density at radius 3 is 2.62 bits per heavy atom. The SMILES string of the molecule is CCCCS(=O)C(COC)C(=O)O. The second-order valence-electron chi connectivity index (χ2n) is 2.72. The third kappa shape index (κ3) is 5.00.